The molecule has 1 aliphatic carbocycles. The predicted octanol–water partition coefficient (Wildman–Crippen LogP) is 5.18. The zero-order chi connectivity index (χ0) is 22.3. The van der Waals surface area contributed by atoms with Crippen LogP contribution in [0.5, 0.6) is 0 Å². The van der Waals surface area contributed by atoms with Crippen LogP contribution in [0.25, 0.3) is 0 Å². The van der Waals surface area contributed by atoms with Crippen LogP contribution in [0.2, 0.25) is 0 Å². The highest BCUT2D eigenvalue weighted by molar-refractivity contribution is 5.92. The average Bonchev–Trinajstić information content (AvgIpc) is 3.39. The Kier molecular flexibility index (Phi) is 5.78. The van der Waals surface area contributed by atoms with Gasteiger partial charge in [0.1, 0.15) is 0 Å². The molecular weight excluding hydrogens is 410 g/mol. The summed E-state index contributed by atoms with van der Waals surface area (Å²) in [6, 6.07) is 8.87. The number of halogens is 2. The molecule has 1 amide bonds. The zero-order valence-corrected chi connectivity index (χ0v) is 18.4. The molecular formula is C25H32F2N4O. The van der Waals surface area contributed by atoms with Crippen molar-refractivity contribution < 1.29 is 13.6 Å². The fourth-order valence-corrected chi connectivity index (χ4v) is 6.45. The maximum absolute atomic E-state index is 13.7. The lowest BCUT2D eigenvalue weighted by atomic mass is 9.79. The maximum Gasteiger partial charge on any atom is 0.248 e. The van der Waals surface area contributed by atoms with Gasteiger partial charge in [0.05, 0.1) is 18.1 Å². The van der Waals surface area contributed by atoms with E-state index in [1.165, 1.54) is 5.56 Å². The molecule has 1 aromatic heterocycles. The Morgan fingerprint density at radius 3 is 2.53 bits per heavy atom. The highest BCUT2D eigenvalue weighted by atomic mass is 19.3. The van der Waals surface area contributed by atoms with Gasteiger partial charge in [-0.05, 0) is 74.5 Å². The van der Waals surface area contributed by atoms with Crippen LogP contribution in [0.1, 0.15) is 91.4 Å². The minimum Gasteiger partial charge on any atom is -0.366 e. The number of carbonyl (C=O) groups excluding carboxylic acids is 1. The lowest BCUT2D eigenvalue weighted by molar-refractivity contribution is -0.0511. The van der Waals surface area contributed by atoms with Crippen LogP contribution in [0.15, 0.2) is 36.8 Å². The molecule has 3 fully saturated rings. The number of primary amides is 1. The Hall–Kier alpha value is -2.28. The first kappa shape index (κ1) is 21.6. The van der Waals surface area contributed by atoms with Crippen LogP contribution < -0.4 is 5.73 Å². The van der Waals surface area contributed by atoms with Crippen LogP contribution in [0, 0.1) is 5.92 Å². The van der Waals surface area contributed by atoms with Crippen LogP contribution in [0.3, 0.4) is 0 Å². The summed E-state index contributed by atoms with van der Waals surface area (Å²) in [5.74, 6) is -2.13. The number of aromatic nitrogens is 2. The molecule has 1 aromatic carbocycles. The van der Waals surface area contributed by atoms with Gasteiger partial charge in [-0.25, -0.2) is 13.8 Å². The molecule has 2 bridgehead atoms. The van der Waals surface area contributed by atoms with Gasteiger partial charge >= 0.3 is 0 Å². The number of carbonyl (C=O) groups is 1. The summed E-state index contributed by atoms with van der Waals surface area (Å²) in [6.07, 6.45) is 10.2. The molecule has 2 aliphatic heterocycles. The largest absolute Gasteiger partial charge is 0.366 e. The molecule has 3 aliphatic rings. The second-order valence-corrected chi connectivity index (χ2v) is 10.0. The molecule has 3 N–H and O–H groups in total. The van der Waals surface area contributed by atoms with Gasteiger partial charge in [0.25, 0.3) is 0 Å². The summed E-state index contributed by atoms with van der Waals surface area (Å²) in [5.41, 5.74) is 8.37. The smallest absolute Gasteiger partial charge is 0.248 e. The number of imidazole rings is 1. The molecule has 3 unspecified atom stereocenters. The van der Waals surface area contributed by atoms with Crippen molar-refractivity contribution in [1.82, 2.24) is 14.9 Å². The molecule has 1 saturated carbocycles. The van der Waals surface area contributed by atoms with Crippen molar-refractivity contribution in [2.75, 3.05) is 0 Å². The first-order chi connectivity index (χ1) is 15.4. The lowest BCUT2D eigenvalue weighted by Crippen LogP contribution is -2.45. The molecule has 2 aromatic rings. The van der Waals surface area contributed by atoms with Crippen molar-refractivity contribution in [3.05, 3.63) is 53.6 Å². The van der Waals surface area contributed by atoms with Gasteiger partial charge in [-0.2, -0.15) is 0 Å². The molecule has 5 nitrogen and oxygen atoms in total. The monoisotopic (exact) mass is 442 g/mol. The highest BCUT2D eigenvalue weighted by Crippen LogP contribution is 2.49. The Morgan fingerprint density at radius 2 is 1.91 bits per heavy atom. The van der Waals surface area contributed by atoms with Crippen LogP contribution in [0.4, 0.5) is 8.78 Å². The average molecular weight is 443 g/mol. The Bertz CT molecular complexity index is 923. The van der Waals surface area contributed by atoms with Gasteiger partial charge in [0.15, 0.2) is 0 Å². The van der Waals surface area contributed by atoms with E-state index >= 15 is 0 Å². The molecule has 7 heteroatoms. The Balaban J connectivity index is 1.34. The van der Waals surface area contributed by atoms with E-state index in [9.17, 15) is 13.6 Å². The second kappa shape index (κ2) is 8.58. The number of piperidine rings is 1. The van der Waals surface area contributed by atoms with Crippen molar-refractivity contribution in [2.24, 2.45) is 11.7 Å². The maximum atomic E-state index is 13.7. The Labute approximate surface area is 187 Å². The van der Waals surface area contributed by atoms with E-state index in [2.05, 4.69) is 20.9 Å². The van der Waals surface area contributed by atoms with Crippen molar-refractivity contribution in [1.29, 1.82) is 0 Å². The van der Waals surface area contributed by atoms with Gasteiger partial charge in [-0.1, -0.05) is 12.1 Å². The molecule has 3 heterocycles. The van der Waals surface area contributed by atoms with Gasteiger partial charge in [0.2, 0.25) is 11.8 Å². The highest BCUT2D eigenvalue weighted by Gasteiger charge is 2.46. The SMILES string of the molecule is NC(=O)c1cccc(C2CC3CCC(C2)N3C(CC2CCC(F)(F)CC2)c2cnc[nH]2)c1. The Morgan fingerprint density at radius 1 is 1.19 bits per heavy atom. The topological polar surface area (TPSA) is 75.0 Å². The van der Waals surface area contributed by atoms with Gasteiger partial charge in [0, 0.05) is 36.7 Å². The van der Waals surface area contributed by atoms with Crippen molar-refractivity contribution >= 4 is 5.91 Å². The number of alkyl halides is 2. The third-order valence-corrected chi connectivity index (χ3v) is 8.06. The molecule has 5 rings (SSSR count). The van der Waals surface area contributed by atoms with E-state index in [0.717, 1.165) is 37.8 Å². The summed E-state index contributed by atoms with van der Waals surface area (Å²) in [6.45, 7) is 0. The summed E-state index contributed by atoms with van der Waals surface area (Å²) < 4.78 is 27.4. The summed E-state index contributed by atoms with van der Waals surface area (Å²) in [7, 11) is 0. The van der Waals surface area contributed by atoms with E-state index in [1.54, 1.807) is 12.4 Å². The fourth-order valence-electron chi connectivity index (χ4n) is 6.45. The van der Waals surface area contributed by atoms with Crippen LogP contribution in [-0.2, 0) is 0 Å². The molecule has 172 valence electrons. The fraction of sp³-hybridized carbons (Fsp3) is 0.600. The minimum atomic E-state index is -2.49. The number of hydrogen-bond acceptors (Lipinski definition) is 3. The first-order valence-corrected chi connectivity index (χ1v) is 11.9. The number of nitrogens with zero attached hydrogens (tertiary/aromatic N) is 2. The van der Waals surface area contributed by atoms with E-state index in [-0.39, 0.29) is 24.8 Å². The van der Waals surface area contributed by atoms with Crippen LogP contribution in [-0.4, -0.2) is 38.8 Å². The normalized spacial score (nSPS) is 29.1. The number of benzene rings is 1. The molecule has 32 heavy (non-hydrogen) atoms. The van der Waals surface area contributed by atoms with Crippen molar-refractivity contribution in [3.63, 3.8) is 0 Å². The standard InChI is InChI=1S/C25H32F2N4O/c26-25(27)8-6-16(7-9-25)10-23(22-14-29-15-30-22)31-20-4-5-21(31)13-19(12-20)17-2-1-3-18(11-17)24(28)32/h1-3,11,14-16,19-21,23H,4-10,12-13H2,(H2,28,32)(H,29,30). The number of H-pyrrole nitrogens is 1. The van der Waals surface area contributed by atoms with E-state index in [0.29, 0.717) is 42.3 Å². The zero-order valence-electron chi connectivity index (χ0n) is 18.4. The van der Waals surface area contributed by atoms with Crippen molar-refractivity contribution in [2.45, 2.75) is 87.8 Å². The van der Waals surface area contributed by atoms with Gasteiger partial charge in [-0.15, -0.1) is 0 Å². The minimum absolute atomic E-state index is 0.0124. The third kappa shape index (κ3) is 4.32. The van der Waals surface area contributed by atoms with Crippen molar-refractivity contribution in [3.8, 4) is 0 Å². The summed E-state index contributed by atoms with van der Waals surface area (Å²) in [5, 5.41) is 0. The number of nitrogens with two attached hydrogens (primary N) is 1. The van der Waals surface area contributed by atoms with E-state index in [1.807, 2.05) is 18.3 Å². The first-order valence-electron chi connectivity index (χ1n) is 11.9. The lowest BCUT2D eigenvalue weighted by Gasteiger charge is -2.45. The van der Waals surface area contributed by atoms with Gasteiger partial charge in [-0.3, -0.25) is 9.69 Å². The third-order valence-electron chi connectivity index (χ3n) is 8.06. The summed E-state index contributed by atoms with van der Waals surface area (Å²) >= 11 is 0. The number of fused-ring (bicyclic) bond motifs is 2. The molecule has 2 saturated heterocycles. The second-order valence-electron chi connectivity index (χ2n) is 10.0. The predicted molar refractivity (Wildman–Crippen MR) is 118 cm³/mol. The number of aromatic amines is 1. The van der Waals surface area contributed by atoms with Gasteiger partial charge < -0.3 is 10.7 Å². The summed E-state index contributed by atoms with van der Waals surface area (Å²) in [4.78, 5) is 21.9. The number of rotatable bonds is 6. The van der Waals surface area contributed by atoms with E-state index in [4.69, 9.17) is 5.73 Å². The number of hydrogen-bond donors (Lipinski definition) is 2. The molecule has 3 atom stereocenters. The number of nitrogens with one attached hydrogen (secondary N) is 1. The molecule has 0 radical (unpaired) electrons. The molecule has 0 spiro atoms. The number of amides is 1. The quantitative estimate of drug-likeness (QED) is 0.648. The van der Waals surface area contributed by atoms with E-state index < -0.39 is 5.92 Å². The van der Waals surface area contributed by atoms with Crippen LogP contribution >= 0.6 is 0 Å².